The van der Waals surface area contributed by atoms with Crippen LogP contribution in [0.5, 0.6) is 0 Å². The molecule has 3 heteroatoms. The molecule has 2 nitrogen and oxygen atoms in total. The van der Waals surface area contributed by atoms with Gasteiger partial charge in [0.25, 0.3) is 0 Å². The van der Waals surface area contributed by atoms with E-state index in [-0.39, 0.29) is 12.1 Å². The molecule has 0 N–H and O–H groups in total. The van der Waals surface area contributed by atoms with Crippen molar-refractivity contribution in [2.75, 3.05) is 0 Å². The van der Waals surface area contributed by atoms with Gasteiger partial charge in [-0.15, -0.1) is 11.6 Å². The van der Waals surface area contributed by atoms with Crippen LogP contribution in [-0.4, -0.2) is 16.9 Å². The van der Waals surface area contributed by atoms with Gasteiger partial charge in [-0.1, -0.05) is 30.3 Å². The van der Waals surface area contributed by atoms with Crippen LogP contribution in [0.15, 0.2) is 30.3 Å². The highest BCUT2D eigenvalue weighted by Crippen LogP contribution is 2.36. The number of alkyl halides is 1. The Bertz CT molecular complexity index is 359. The first kappa shape index (κ1) is 10.5. The number of halogens is 1. The molecule has 2 atom stereocenters. The predicted octanol–water partition coefficient (Wildman–Crippen LogP) is 2.54. The van der Waals surface area contributed by atoms with E-state index in [1.807, 2.05) is 18.2 Å². The van der Waals surface area contributed by atoms with Gasteiger partial charge < -0.3 is 4.74 Å². The highest BCUT2D eigenvalue weighted by molar-refractivity contribution is 6.36. The maximum atomic E-state index is 11.0. The molecule has 0 spiro atoms. The van der Waals surface area contributed by atoms with Gasteiger partial charge in [0.15, 0.2) is 4.87 Å². The summed E-state index contributed by atoms with van der Waals surface area (Å²) in [5, 5.41) is 0. The van der Waals surface area contributed by atoms with Crippen molar-refractivity contribution >= 4 is 17.6 Å². The first-order valence-electron chi connectivity index (χ1n) is 5.04. The van der Waals surface area contributed by atoms with E-state index < -0.39 is 4.87 Å². The second-order valence-corrected chi connectivity index (χ2v) is 4.78. The summed E-state index contributed by atoms with van der Waals surface area (Å²) in [5.41, 5.74) is 1.24. The van der Waals surface area contributed by atoms with Crippen molar-refractivity contribution in [2.45, 2.75) is 30.7 Å². The molecule has 1 aromatic rings. The SMILES string of the molecule is C[C@@]1(Cl)C(=O)O[C@H]1CCc1ccccc1. The van der Waals surface area contributed by atoms with E-state index in [4.69, 9.17) is 16.3 Å². The van der Waals surface area contributed by atoms with Crippen LogP contribution in [0.1, 0.15) is 18.9 Å². The minimum Gasteiger partial charge on any atom is -0.458 e. The second-order valence-electron chi connectivity index (χ2n) is 3.99. The average molecular weight is 225 g/mol. The van der Waals surface area contributed by atoms with Gasteiger partial charge in [-0.2, -0.15) is 0 Å². The first-order chi connectivity index (χ1) is 7.10. The molecular weight excluding hydrogens is 212 g/mol. The normalized spacial score (nSPS) is 29.5. The third-order valence-corrected chi connectivity index (χ3v) is 3.19. The Labute approximate surface area is 94.2 Å². The first-order valence-corrected chi connectivity index (χ1v) is 5.42. The summed E-state index contributed by atoms with van der Waals surface area (Å²) in [5.74, 6) is -0.303. The van der Waals surface area contributed by atoms with Crippen molar-refractivity contribution < 1.29 is 9.53 Å². The van der Waals surface area contributed by atoms with E-state index >= 15 is 0 Å². The molecule has 0 bridgehead atoms. The number of carbonyl (C=O) groups excluding carboxylic acids is 1. The average Bonchev–Trinajstić information content (AvgIpc) is 2.25. The van der Waals surface area contributed by atoms with E-state index in [0.29, 0.717) is 0 Å². The third-order valence-electron chi connectivity index (χ3n) is 2.79. The van der Waals surface area contributed by atoms with Gasteiger partial charge >= 0.3 is 5.97 Å². The number of esters is 1. The standard InChI is InChI=1S/C12H13ClO2/c1-12(13)10(15-11(12)14)8-7-9-5-3-2-4-6-9/h2-6,10H,7-8H2,1H3/t10-,12-/m0/s1. The molecule has 1 saturated heterocycles. The molecule has 0 amide bonds. The van der Waals surface area contributed by atoms with E-state index in [1.165, 1.54) is 5.56 Å². The van der Waals surface area contributed by atoms with Crippen molar-refractivity contribution in [2.24, 2.45) is 0 Å². The third kappa shape index (κ3) is 2.00. The molecule has 1 aliphatic rings. The maximum Gasteiger partial charge on any atom is 0.331 e. The van der Waals surface area contributed by atoms with Crippen LogP contribution in [0.3, 0.4) is 0 Å². The number of aryl methyl sites for hydroxylation is 1. The molecule has 0 saturated carbocycles. The Balaban J connectivity index is 1.88. The molecule has 1 fully saturated rings. The monoisotopic (exact) mass is 224 g/mol. The zero-order valence-corrected chi connectivity index (χ0v) is 9.33. The largest absolute Gasteiger partial charge is 0.458 e. The van der Waals surface area contributed by atoms with Gasteiger partial charge in [-0.05, 0) is 25.3 Å². The maximum absolute atomic E-state index is 11.0. The number of benzene rings is 1. The summed E-state index contributed by atoms with van der Waals surface area (Å²) >= 11 is 6.01. The fourth-order valence-corrected chi connectivity index (χ4v) is 1.90. The molecule has 1 heterocycles. The van der Waals surface area contributed by atoms with Crippen molar-refractivity contribution in [1.29, 1.82) is 0 Å². The van der Waals surface area contributed by atoms with Gasteiger partial charge in [0.1, 0.15) is 6.10 Å². The Morgan fingerprint density at radius 2 is 2.07 bits per heavy atom. The van der Waals surface area contributed by atoms with Crippen LogP contribution in [0.25, 0.3) is 0 Å². The predicted molar refractivity (Wildman–Crippen MR) is 58.9 cm³/mol. The lowest BCUT2D eigenvalue weighted by molar-refractivity contribution is -0.178. The molecule has 0 unspecified atom stereocenters. The zero-order valence-electron chi connectivity index (χ0n) is 8.57. The Morgan fingerprint density at radius 1 is 1.40 bits per heavy atom. The highest BCUT2D eigenvalue weighted by atomic mass is 35.5. The summed E-state index contributed by atoms with van der Waals surface area (Å²) in [6, 6.07) is 10.1. The molecule has 1 aliphatic heterocycles. The quantitative estimate of drug-likeness (QED) is 0.583. The molecule has 0 aromatic heterocycles. The summed E-state index contributed by atoms with van der Waals surface area (Å²) in [7, 11) is 0. The van der Waals surface area contributed by atoms with Gasteiger partial charge in [-0.25, -0.2) is 4.79 Å². The van der Waals surface area contributed by atoms with E-state index in [1.54, 1.807) is 6.92 Å². The van der Waals surface area contributed by atoms with Gasteiger partial charge in [0.2, 0.25) is 0 Å². The Hall–Kier alpha value is -1.02. The summed E-state index contributed by atoms with van der Waals surface area (Å²) in [6.07, 6.45) is 1.53. The van der Waals surface area contributed by atoms with Crippen LogP contribution in [0.2, 0.25) is 0 Å². The number of hydrogen-bond donors (Lipinski definition) is 0. The van der Waals surface area contributed by atoms with Gasteiger partial charge in [0, 0.05) is 0 Å². The zero-order chi connectivity index (χ0) is 10.9. The fourth-order valence-electron chi connectivity index (χ4n) is 1.70. The van der Waals surface area contributed by atoms with E-state index in [2.05, 4.69) is 12.1 Å². The van der Waals surface area contributed by atoms with Crippen LogP contribution < -0.4 is 0 Å². The van der Waals surface area contributed by atoms with Crippen molar-refractivity contribution in [3.8, 4) is 0 Å². The highest BCUT2D eigenvalue weighted by Gasteiger charge is 2.52. The smallest absolute Gasteiger partial charge is 0.331 e. The Kier molecular flexibility index (Phi) is 2.70. The van der Waals surface area contributed by atoms with Crippen LogP contribution in [-0.2, 0) is 16.0 Å². The van der Waals surface area contributed by atoms with Crippen LogP contribution >= 0.6 is 11.6 Å². The molecular formula is C12H13ClO2. The number of ether oxygens (including phenoxy) is 1. The van der Waals surface area contributed by atoms with Crippen molar-refractivity contribution in [1.82, 2.24) is 0 Å². The molecule has 0 aliphatic carbocycles. The molecule has 2 rings (SSSR count). The molecule has 15 heavy (non-hydrogen) atoms. The number of rotatable bonds is 3. The van der Waals surface area contributed by atoms with Gasteiger partial charge in [-0.3, -0.25) is 0 Å². The Morgan fingerprint density at radius 3 is 2.60 bits per heavy atom. The number of hydrogen-bond acceptors (Lipinski definition) is 2. The number of carbonyl (C=O) groups is 1. The number of cyclic esters (lactones) is 1. The minimum atomic E-state index is -0.811. The lowest BCUT2D eigenvalue weighted by atomic mass is 9.92. The van der Waals surface area contributed by atoms with Gasteiger partial charge in [0.05, 0.1) is 0 Å². The van der Waals surface area contributed by atoms with Crippen molar-refractivity contribution in [3.05, 3.63) is 35.9 Å². The van der Waals surface area contributed by atoms with Crippen molar-refractivity contribution in [3.63, 3.8) is 0 Å². The summed E-state index contributed by atoms with van der Waals surface area (Å²) in [6.45, 7) is 1.72. The van der Waals surface area contributed by atoms with Crippen LogP contribution in [0, 0.1) is 0 Å². The lowest BCUT2D eigenvalue weighted by Crippen LogP contribution is -2.56. The molecule has 0 radical (unpaired) electrons. The fraction of sp³-hybridized carbons (Fsp3) is 0.417. The molecule has 80 valence electrons. The second kappa shape index (κ2) is 3.86. The topological polar surface area (TPSA) is 26.3 Å². The minimum absolute atomic E-state index is 0.146. The van der Waals surface area contributed by atoms with E-state index in [9.17, 15) is 4.79 Å². The molecule has 1 aromatic carbocycles. The van der Waals surface area contributed by atoms with Crippen LogP contribution in [0.4, 0.5) is 0 Å². The lowest BCUT2D eigenvalue weighted by Gasteiger charge is -2.39. The summed E-state index contributed by atoms with van der Waals surface area (Å²) < 4.78 is 5.01. The summed E-state index contributed by atoms with van der Waals surface area (Å²) in [4.78, 5) is 10.2. The van der Waals surface area contributed by atoms with E-state index in [0.717, 1.165) is 12.8 Å².